The molecule has 2 aromatic heterocycles. The molecule has 1 N–H and O–H groups in total. The minimum absolute atomic E-state index is 0.0159. The third kappa shape index (κ3) is 2.52. The first-order valence-corrected chi connectivity index (χ1v) is 6.91. The molecule has 0 aliphatic carbocycles. The molecule has 0 radical (unpaired) electrons. The average molecular weight is 312 g/mol. The molecule has 0 amide bonds. The molecule has 1 unspecified atom stereocenters. The Morgan fingerprint density at radius 3 is 2.83 bits per heavy atom. The van der Waals surface area contributed by atoms with E-state index in [9.17, 15) is 0 Å². The molecular formula is C13H18BrN3O. The van der Waals surface area contributed by atoms with Crippen LogP contribution in [0.25, 0.3) is 0 Å². The zero-order chi connectivity index (χ0) is 13.1. The minimum Gasteiger partial charge on any atom is -0.464 e. The highest BCUT2D eigenvalue weighted by Gasteiger charge is 2.22. The molecule has 2 rings (SSSR count). The number of furan rings is 1. The fraction of sp³-hybridized carbons (Fsp3) is 0.462. The van der Waals surface area contributed by atoms with Crippen LogP contribution in [0.1, 0.15) is 36.6 Å². The molecule has 5 heteroatoms. The summed E-state index contributed by atoms with van der Waals surface area (Å²) in [6, 6.07) is 4.00. The van der Waals surface area contributed by atoms with Gasteiger partial charge in [-0.2, -0.15) is 5.10 Å². The van der Waals surface area contributed by atoms with Crippen molar-refractivity contribution in [2.45, 2.75) is 32.9 Å². The van der Waals surface area contributed by atoms with Crippen LogP contribution >= 0.6 is 15.9 Å². The summed E-state index contributed by atoms with van der Waals surface area (Å²) in [5.41, 5.74) is 1.11. The number of nitrogens with zero attached hydrogens (tertiary/aromatic N) is 2. The zero-order valence-corrected chi connectivity index (χ0v) is 12.5. The van der Waals surface area contributed by atoms with Crippen molar-refractivity contribution in [2.24, 2.45) is 0 Å². The van der Waals surface area contributed by atoms with Gasteiger partial charge in [0, 0.05) is 6.54 Å². The first kappa shape index (κ1) is 13.4. The first-order valence-electron chi connectivity index (χ1n) is 6.12. The maximum atomic E-state index is 5.72. The van der Waals surface area contributed by atoms with E-state index in [0.717, 1.165) is 34.7 Å². The third-order valence-corrected chi connectivity index (χ3v) is 3.49. The minimum atomic E-state index is 0.0159. The second kappa shape index (κ2) is 5.71. The maximum absolute atomic E-state index is 5.72. The molecule has 1 atom stereocenters. The van der Waals surface area contributed by atoms with E-state index < -0.39 is 0 Å². The predicted molar refractivity (Wildman–Crippen MR) is 74.6 cm³/mol. The monoisotopic (exact) mass is 311 g/mol. The number of nitrogens with one attached hydrogen (secondary N) is 1. The quantitative estimate of drug-likeness (QED) is 0.921. The Balaban J connectivity index is 2.41. The van der Waals surface area contributed by atoms with Crippen molar-refractivity contribution in [3.05, 3.63) is 40.0 Å². The van der Waals surface area contributed by atoms with E-state index in [1.54, 1.807) is 0 Å². The molecule has 0 aromatic carbocycles. The summed E-state index contributed by atoms with van der Waals surface area (Å²) in [7, 11) is 1.93. The van der Waals surface area contributed by atoms with Crippen LogP contribution < -0.4 is 5.32 Å². The number of rotatable bonds is 5. The Hall–Kier alpha value is -1.07. The Kier molecular flexibility index (Phi) is 4.24. The van der Waals surface area contributed by atoms with Gasteiger partial charge in [-0.05, 0) is 48.5 Å². The molecule has 0 fully saturated rings. The SMILES string of the molecule is CCCn1ncc(Br)c1C(NC)c1ccc(C)o1. The topological polar surface area (TPSA) is 43.0 Å². The molecule has 2 aromatic rings. The predicted octanol–water partition coefficient (Wildman–Crippen LogP) is 3.27. The lowest BCUT2D eigenvalue weighted by atomic mass is 10.1. The van der Waals surface area contributed by atoms with Crippen molar-refractivity contribution in [1.29, 1.82) is 0 Å². The molecule has 0 saturated heterocycles. The standard InChI is InChI=1S/C13H18BrN3O/c1-4-7-17-13(10(14)8-16-17)12(15-3)11-6-5-9(2)18-11/h5-6,8,12,15H,4,7H2,1-3H3. The van der Waals surface area contributed by atoms with Crippen LogP contribution in [0.4, 0.5) is 0 Å². The van der Waals surface area contributed by atoms with Gasteiger partial charge in [-0.25, -0.2) is 0 Å². The van der Waals surface area contributed by atoms with E-state index in [1.807, 2.05) is 37.0 Å². The molecule has 98 valence electrons. The van der Waals surface area contributed by atoms with Gasteiger partial charge in [0.1, 0.15) is 17.6 Å². The van der Waals surface area contributed by atoms with Crippen molar-refractivity contribution in [3.8, 4) is 0 Å². The summed E-state index contributed by atoms with van der Waals surface area (Å²) in [6.07, 6.45) is 2.89. The highest BCUT2D eigenvalue weighted by Crippen LogP contribution is 2.29. The molecular weight excluding hydrogens is 294 g/mol. The lowest BCUT2D eigenvalue weighted by Crippen LogP contribution is -2.21. The fourth-order valence-electron chi connectivity index (χ4n) is 2.07. The van der Waals surface area contributed by atoms with Gasteiger partial charge in [-0.1, -0.05) is 6.92 Å². The van der Waals surface area contributed by atoms with Gasteiger partial charge in [0.2, 0.25) is 0 Å². The number of aromatic nitrogens is 2. The van der Waals surface area contributed by atoms with E-state index in [-0.39, 0.29) is 6.04 Å². The van der Waals surface area contributed by atoms with E-state index in [1.165, 1.54) is 0 Å². The van der Waals surface area contributed by atoms with Gasteiger partial charge in [0.15, 0.2) is 0 Å². The molecule has 0 aliphatic heterocycles. The van der Waals surface area contributed by atoms with Crippen LogP contribution in [0.2, 0.25) is 0 Å². The largest absolute Gasteiger partial charge is 0.464 e. The van der Waals surface area contributed by atoms with Crippen molar-refractivity contribution in [1.82, 2.24) is 15.1 Å². The van der Waals surface area contributed by atoms with E-state index >= 15 is 0 Å². The Morgan fingerprint density at radius 1 is 1.50 bits per heavy atom. The second-order valence-corrected chi connectivity index (χ2v) is 5.13. The first-order chi connectivity index (χ1) is 8.67. The summed E-state index contributed by atoms with van der Waals surface area (Å²) < 4.78 is 8.75. The number of aryl methyl sites for hydroxylation is 2. The van der Waals surface area contributed by atoms with Crippen LogP contribution in [0.5, 0.6) is 0 Å². The number of hydrogen-bond donors (Lipinski definition) is 1. The molecule has 18 heavy (non-hydrogen) atoms. The van der Waals surface area contributed by atoms with Crippen molar-refractivity contribution >= 4 is 15.9 Å². The molecule has 2 heterocycles. The summed E-state index contributed by atoms with van der Waals surface area (Å²) in [4.78, 5) is 0. The van der Waals surface area contributed by atoms with Gasteiger partial charge in [-0.3, -0.25) is 4.68 Å². The molecule has 0 bridgehead atoms. The summed E-state index contributed by atoms with van der Waals surface area (Å²) >= 11 is 3.57. The van der Waals surface area contributed by atoms with Crippen LogP contribution in [0, 0.1) is 6.92 Å². The van der Waals surface area contributed by atoms with Gasteiger partial charge >= 0.3 is 0 Å². The Bertz CT molecular complexity index is 518. The lowest BCUT2D eigenvalue weighted by Gasteiger charge is -2.16. The Morgan fingerprint density at radius 2 is 2.28 bits per heavy atom. The van der Waals surface area contributed by atoms with Crippen molar-refractivity contribution in [3.63, 3.8) is 0 Å². The van der Waals surface area contributed by atoms with Crippen molar-refractivity contribution < 1.29 is 4.42 Å². The van der Waals surface area contributed by atoms with Crippen LogP contribution in [-0.4, -0.2) is 16.8 Å². The number of hydrogen-bond acceptors (Lipinski definition) is 3. The fourth-order valence-corrected chi connectivity index (χ4v) is 2.60. The highest BCUT2D eigenvalue weighted by molar-refractivity contribution is 9.10. The van der Waals surface area contributed by atoms with Gasteiger partial charge < -0.3 is 9.73 Å². The lowest BCUT2D eigenvalue weighted by molar-refractivity contribution is 0.424. The summed E-state index contributed by atoms with van der Waals surface area (Å²) in [5.74, 6) is 1.83. The Labute approximate surface area is 115 Å². The third-order valence-electron chi connectivity index (χ3n) is 2.88. The summed E-state index contributed by atoms with van der Waals surface area (Å²) in [6.45, 7) is 5.00. The van der Waals surface area contributed by atoms with Gasteiger partial charge in [0.05, 0.1) is 16.4 Å². The molecule has 0 saturated carbocycles. The van der Waals surface area contributed by atoms with Crippen LogP contribution in [0.3, 0.4) is 0 Å². The van der Waals surface area contributed by atoms with Crippen molar-refractivity contribution in [2.75, 3.05) is 7.05 Å². The summed E-state index contributed by atoms with van der Waals surface area (Å²) in [5, 5.41) is 7.68. The van der Waals surface area contributed by atoms with E-state index in [4.69, 9.17) is 4.42 Å². The second-order valence-electron chi connectivity index (χ2n) is 4.27. The highest BCUT2D eigenvalue weighted by atomic mass is 79.9. The zero-order valence-electron chi connectivity index (χ0n) is 10.9. The van der Waals surface area contributed by atoms with Gasteiger partial charge in [-0.15, -0.1) is 0 Å². The number of halogens is 1. The van der Waals surface area contributed by atoms with E-state index in [2.05, 4.69) is 33.3 Å². The molecule has 0 aliphatic rings. The van der Waals surface area contributed by atoms with Gasteiger partial charge in [0.25, 0.3) is 0 Å². The van der Waals surface area contributed by atoms with E-state index in [0.29, 0.717) is 0 Å². The molecule has 4 nitrogen and oxygen atoms in total. The van der Waals surface area contributed by atoms with Crippen LogP contribution in [-0.2, 0) is 6.54 Å². The smallest absolute Gasteiger partial charge is 0.127 e. The normalized spacial score (nSPS) is 12.9. The average Bonchev–Trinajstić information content (AvgIpc) is 2.91. The van der Waals surface area contributed by atoms with Crippen LogP contribution in [0.15, 0.2) is 27.2 Å². The molecule has 0 spiro atoms. The maximum Gasteiger partial charge on any atom is 0.127 e.